The Kier molecular flexibility index (Phi) is 1.19. The quantitative estimate of drug-likeness (QED) is 0.718. The summed E-state index contributed by atoms with van der Waals surface area (Å²) in [4.78, 5) is 11.4. The van der Waals surface area contributed by atoms with E-state index in [1.807, 2.05) is 0 Å². The molecule has 2 bridgehead atoms. The summed E-state index contributed by atoms with van der Waals surface area (Å²) in [6, 6.07) is 0. The average molecular weight is 312 g/mol. The van der Waals surface area contributed by atoms with E-state index in [4.69, 9.17) is 9.47 Å². The van der Waals surface area contributed by atoms with Crippen LogP contribution in [0.2, 0.25) is 0 Å². The zero-order chi connectivity index (χ0) is 12.1. The summed E-state index contributed by atoms with van der Waals surface area (Å²) in [5.41, 5.74) is 0.141. The van der Waals surface area contributed by atoms with E-state index in [1.54, 1.807) is 6.92 Å². The van der Waals surface area contributed by atoms with Gasteiger partial charge in [-0.05, 0) is 29.6 Å². The van der Waals surface area contributed by atoms with Crippen molar-refractivity contribution in [2.45, 2.75) is 22.6 Å². The Bertz CT molecular complexity index is 508. The fraction of sp³-hybridized carbons (Fsp3) is 0.923. The molecule has 7 fully saturated rings. The molecule has 1 aliphatic heterocycles. The van der Waals surface area contributed by atoms with Gasteiger partial charge in [0.15, 0.2) is 5.79 Å². The molecule has 0 radical (unpaired) electrons. The average Bonchev–Trinajstić information content (AvgIpc) is 2.86. The van der Waals surface area contributed by atoms with Crippen LogP contribution in [0, 0.1) is 35.5 Å². The van der Waals surface area contributed by atoms with Gasteiger partial charge in [0.05, 0.1) is 23.1 Å². The molecule has 4 nitrogen and oxygen atoms in total. The zero-order valence-electron chi connectivity index (χ0n) is 9.98. The summed E-state index contributed by atoms with van der Waals surface area (Å²) >= 11 is 4.00. The first-order valence-electron chi connectivity index (χ1n) is 6.86. The third-order valence-corrected chi connectivity index (χ3v) is 8.64. The van der Waals surface area contributed by atoms with Crippen molar-refractivity contribution in [2.75, 3.05) is 13.2 Å². The highest BCUT2D eigenvalue weighted by Gasteiger charge is 3.09. The standard InChI is InChI=1S/C13H14BrNO3/c1-4(16)15-11-5-8-6(11)10-7(11)9(5)12(8,14)13(10)17-2-3-18-13/h5-10H,2-3H2,1H3,(H,15,16)/t5?,6-,7-,8-,9+,10?,11?,12?/m0/s1. The third kappa shape index (κ3) is 0.511. The minimum Gasteiger partial charge on any atom is -0.350 e. The lowest BCUT2D eigenvalue weighted by Gasteiger charge is -2.91. The molecule has 4 unspecified atom stereocenters. The zero-order valence-corrected chi connectivity index (χ0v) is 11.6. The third-order valence-electron chi connectivity index (χ3n) is 7.03. The van der Waals surface area contributed by atoms with Gasteiger partial charge in [0.2, 0.25) is 5.91 Å². The van der Waals surface area contributed by atoms with Crippen LogP contribution in [0.25, 0.3) is 0 Å². The molecule has 6 saturated carbocycles. The van der Waals surface area contributed by atoms with Crippen LogP contribution < -0.4 is 5.32 Å². The molecule has 8 atom stereocenters. The molecule has 1 saturated heterocycles. The lowest BCUT2D eigenvalue weighted by Crippen LogP contribution is -2.99. The second kappa shape index (κ2) is 2.21. The van der Waals surface area contributed by atoms with E-state index in [0.717, 1.165) is 13.2 Å². The van der Waals surface area contributed by atoms with Crippen molar-refractivity contribution in [3.8, 4) is 0 Å². The van der Waals surface area contributed by atoms with Gasteiger partial charge >= 0.3 is 0 Å². The van der Waals surface area contributed by atoms with Crippen molar-refractivity contribution < 1.29 is 14.3 Å². The van der Waals surface area contributed by atoms with Crippen molar-refractivity contribution >= 4 is 21.8 Å². The summed E-state index contributed by atoms with van der Waals surface area (Å²) in [5.74, 6) is 3.51. The molecule has 7 aliphatic rings. The number of alkyl halides is 1. The lowest BCUT2D eigenvalue weighted by molar-refractivity contribution is -0.391. The van der Waals surface area contributed by atoms with E-state index >= 15 is 0 Å². The highest BCUT2D eigenvalue weighted by atomic mass is 79.9. The molecular weight excluding hydrogens is 298 g/mol. The van der Waals surface area contributed by atoms with Crippen LogP contribution >= 0.6 is 15.9 Å². The van der Waals surface area contributed by atoms with Crippen molar-refractivity contribution in [1.82, 2.24) is 5.32 Å². The molecule has 7 rings (SSSR count). The normalized spacial score (nSPS) is 69.9. The Hall–Kier alpha value is -0.130. The Morgan fingerprint density at radius 1 is 1.11 bits per heavy atom. The number of rotatable bonds is 1. The molecule has 1 spiro atoms. The van der Waals surface area contributed by atoms with Crippen LogP contribution in [0.1, 0.15) is 6.92 Å². The number of ether oxygens (including phenoxy) is 2. The Morgan fingerprint density at radius 2 is 1.67 bits per heavy atom. The summed E-state index contributed by atoms with van der Waals surface area (Å²) in [6.45, 7) is 3.08. The van der Waals surface area contributed by atoms with E-state index in [0.29, 0.717) is 35.5 Å². The second-order valence-electron chi connectivity index (χ2n) is 6.90. The Labute approximate surface area is 113 Å². The lowest BCUT2D eigenvalue weighted by atomic mass is 9.16. The van der Waals surface area contributed by atoms with Gasteiger partial charge in [-0.3, -0.25) is 4.79 Å². The van der Waals surface area contributed by atoms with Crippen LogP contribution in [-0.2, 0) is 14.3 Å². The number of carbonyl (C=O) groups is 1. The summed E-state index contributed by atoms with van der Waals surface area (Å²) in [5, 5.41) is 3.26. The van der Waals surface area contributed by atoms with Crippen LogP contribution in [-0.4, -0.2) is 34.8 Å². The van der Waals surface area contributed by atoms with Crippen molar-refractivity contribution in [1.29, 1.82) is 0 Å². The summed E-state index contributed by atoms with van der Waals surface area (Å²) < 4.78 is 12.2. The van der Waals surface area contributed by atoms with Gasteiger partial charge in [0, 0.05) is 12.8 Å². The Morgan fingerprint density at radius 3 is 2.22 bits per heavy atom. The van der Waals surface area contributed by atoms with Gasteiger partial charge in [-0.25, -0.2) is 0 Å². The highest BCUT2D eigenvalue weighted by Crippen LogP contribution is 3.01. The molecule has 6 aliphatic carbocycles. The van der Waals surface area contributed by atoms with E-state index in [1.165, 1.54) is 0 Å². The number of hydrogen-bond donors (Lipinski definition) is 1. The summed E-state index contributed by atoms with van der Waals surface area (Å²) in [7, 11) is 0. The fourth-order valence-corrected chi connectivity index (χ4v) is 8.80. The maximum Gasteiger partial charge on any atom is 0.217 e. The van der Waals surface area contributed by atoms with Crippen LogP contribution in [0.3, 0.4) is 0 Å². The van der Waals surface area contributed by atoms with E-state index in [2.05, 4.69) is 21.2 Å². The first kappa shape index (κ1) is 9.72. The van der Waals surface area contributed by atoms with Crippen LogP contribution in [0.15, 0.2) is 0 Å². The van der Waals surface area contributed by atoms with Gasteiger partial charge < -0.3 is 14.8 Å². The molecule has 1 heterocycles. The first-order valence-corrected chi connectivity index (χ1v) is 7.65. The molecule has 0 aromatic heterocycles. The predicted octanol–water partition coefficient (Wildman–Crippen LogP) is 0.503. The molecule has 1 amide bonds. The SMILES string of the molecule is CC(=O)NC12C3[C@@H]4[C@H]1C1[C@@H]2[C@H]3C4(Br)C12OCCO2. The van der Waals surface area contributed by atoms with Gasteiger partial charge in [-0.1, -0.05) is 15.9 Å². The van der Waals surface area contributed by atoms with E-state index < -0.39 is 0 Å². The number of amides is 1. The minimum absolute atomic E-state index is 0.0708. The molecule has 1 N–H and O–H groups in total. The van der Waals surface area contributed by atoms with Gasteiger partial charge in [0.1, 0.15) is 0 Å². The minimum atomic E-state index is -0.355. The molecular formula is C13H14BrNO3. The number of halogens is 1. The number of nitrogens with one attached hydrogen (secondary N) is 1. The molecule has 96 valence electrons. The molecule has 0 aromatic rings. The van der Waals surface area contributed by atoms with Crippen LogP contribution in [0.4, 0.5) is 0 Å². The predicted molar refractivity (Wildman–Crippen MR) is 63.8 cm³/mol. The topological polar surface area (TPSA) is 47.6 Å². The highest BCUT2D eigenvalue weighted by molar-refractivity contribution is 9.10. The fourth-order valence-electron chi connectivity index (χ4n) is 7.17. The van der Waals surface area contributed by atoms with Gasteiger partial charge in [-0.2, -0.15) is 0 Å². The molecule has 5 heteroatoms. The first-order chi connectivity index (χ1) is 8.61. The smallest absolute Gasteiger partial charge is 0.217 e. The second-order valence-corrected chi connectivity index (χ2v) is 8.21. The molecule has 0 aromatic carbocycles. The van der Waals surface area contributed by atoms with Crippen LogP contribution in [0.5, 0.6) is 0 Å². The van der Waals surface area contributed by atoms with Crippen molar-refractivity contribution in [2.24, 2.45) is 35.5 Å². The summed E-state index contributed by atoms with van der Waals surface area (Å²) in [6.07, 6.45) is 0. The maximum absolute atomic E-state index is 11.4. The largest absolute Gasteiger partial charge is 0.350 e. The van der Waals surface area contributed by atoms with Gasteiger partial charge in [0.25, 0.3) is 0 Å². The molecule has 18 heavy (non-hydrogen) atoms. The van der Waals surface area contributed by atoms with Crippen molar-refractivity contribution in [3.05, 3.63) is 0 Å². The van der Waals surface area contributed by atoms with Crippen molar-refractivity contribution in [3.63, 3.8) is 0 Å². The van der Waals surface area contributed by atoms with Gasteiger partial charge in [-0.15, -0.1) is 0 Å². The number of hydrogen-bond acceptors (Lipinski definition) is 3. The van der Waals surface area contributed by atoms with E-state index in [-0.39, 0.29) is 21.6 Å². The van der Waals surface area contributed by atoms with E-state index in [9.17, 15) is 4.79 Å². The number of carbonyl (C=O) groups excluding carboxylic acids is 1. The monoisotopic (exact) mass is 311 g/mol. The maximum atomic E-state index is 11.4. The Balaban J connectivity index is 1.49.